The van der Waals surface area contributed by atoms with Crippen LogP contribution in [0.15, 0.2) is 48.8 Å². The SMILES string of the molecule is [Cl-].[Cl-].[Ti+4].c1ccc([O][Ti+2][O]c2ccccn2)nc1. The van der Waals surface area contributed by atoms with Gasteiger partial charge in [0, 0.05) is 0 Å². The summed E-state index contributed by atoms with van der Waals surface area (Å²) in [5, 5.41) is 0. The molecule has 0 aliphatic heterocycles. The fourth-order valence-electron chi connectivity index (χ4n) is 0.921. The molecular formula is C10H8Cl2N2O2Ti2+4. The molecule has 2 aromatic heterocycles. The van der Waals surface area contributed by atoms with Crippen molar-refractivity contribution in [2.24, 2.45) is 0 Å². The molecular weight excluding hydrogens is 347 g/mol. The van der Waals surface area contributed by atoms with Gasteiger partial charge < -0.3 is 24.8 Å². The summed E-state index contributed by atoms with van der Waals surface area (Å²) in [6, 6.07) is 11.0. The number of rotatable bonds is 4. The topological polar surface area (TPSA) is 44.2 Å². The zero-order valence-electron chi connectivity index (χ0n) is 9.09. The summed E-state index contributed by atoms with van der Waals surface area (Å²) in [5.74, 6) is 1.18. The van der Waals surface area contributed by atoms with Gasteiger partial charge in [-0.15, -0.1) is 0 Å². The van der Waals surface area contributed by atoms with Gasteiger partial charge in [-0.1, -0.05) is 0 Å². The monoisotopic (exact) mass is 354 g/mol. The predicted octanol–water partition coefficient (Wildman–Crippen LogP) is -4.15. The first-order valence-electron chi connectivity index (χ1n) is 4.36. The van der Waals surface area contributed by atoms with Crippen molar-refractivity contribution in [3.63, 3.8) is 0 Å². The Labute approximate surface area is 142 Å². The Morgan fingerprint density at radius 2 is 1.22 bits per heavy atom. The van der Waals surface area contributed by atoms with Crippen LogP contribution in [0.3, 0.4) is 0 Å². The van der Waals surface area contributed by atoms with Gasteiger partial charge >= 0.3 is 119 Å². The molecule has 0 saturated heterocycles. The predicted molar refractivity (Wildman–Crippen MR) is 49.7 cm³/mol. The Hall–Kier alpha value is -0.0914. The third-order valence-electron chi connectivity index (χ3n) is 1.57. The fraction of sp³-hybridized carbons (Fsp3) is 0. The van der Waals surface area contributed by atoms with Crippen LogP contribution >= 0.6 is 0 Å². The summed E-state index contributed by atoms with van der Waals surface area (Å²) in [6.07, 6.45) is 3.37. The number of hydrogen-bond donors (Lipinski definition) is 0. The van der Waals surface area contributed by atoms with E-state index in [0.29, 0.717) is 11.8 Å². The van der Waals surface area contributed by atoms with Crippen LogP contribution < -0.4 is 31.5 Å². The van der Waals surface area contributed by atoms with E-state index in [2.05, 4.69) is 9.97 Å². The molecule has 8 heteroatoms. The number of halogens is 2. The van der Waals surface area contributed by atoms with Crippen LogP contribution in [0.4, 0.5) is 0 Å². The molecule has 2 heterocycles. The van der Waals surface area contributed by atoms with Crippen molar-refractivity contribution in [3.8, 4) is 11.8 Å². The summed E-state index contributed by atoms with van der Waals surface area (Å²) in [7, 11) is 0. The Kier molecular flexibility index (Phi) is 13.5. The van der Waals surface area contributed by atoms with Gasteiger partial charge in [0.15, 0.2) is 0 Å². The van der Waals surface area contributed by atoms with Crippen LogP contribution in [0.25, 0.3) is 0 Å². The molecule has 18 heavy (non-hydrogen) atoms. The summed E-state index contributed by atoms with van der Waals surface area (Å²) >= 11 is -0.989. The average molecular weight is 355 g/mol. The number of nitrogens with zero attached hydrogens (tertiary/aromatic N) is 2. The Bertz CT molecular complexity index is 370. The first kappa shape index (κ1) is 20.2. The van der Waals surface area contributed by atoms with Crippen molar-refractivity contribution in [3.05, 3.63) is 48.8 Å². The first-order valence-corrected chi connectivity index (χ1v) is 5.63. The van der Waals surface area contributed by atoms with E-state index >= 15 is 0 Å². The van der Waals surface area contributed by atoms with Crippen molar-refractivity contribution in [1.82, 2.24) is 9.97 Å². The van der Waals surface area contributed by atoms with E-state index in [9.17, 15) is 0 Å². The second-order valence-electron chi connectivity index (χ2n) is 2.62. The van der Waals surface area contributed by atoms with Crippen LogP contribution in [0, 0.1) is 0 Å². The van der Waals surface area contributed by atoms with E-state index in [1.54, 1.807) is 24.5 Å². The molecule has 2 rings (SSSR count). The molecule has 0 aromatic carbocycles. The van der Waals surface area contributed by atoms with Crippen molar-refractivity contribution < 1.29 is 73.1 Å². The zero-order valence-corrected chi connectivity index (χ0v) is 13.7. The normalized spacial score (nSPS) is 7.56. The van der Waals surface area contributed by atoms with E-state index < -0.39 is 19.9 Å². The van der Waals surface area contributed by atoms with Crippen LogP contribution in [0.5, 0.6) is 11.8 Å². The zero-order chi connectivity index (χ0) is 10.3. The number of pyridine rings is 2. The summed E-state index contributed by atoms with van der Waals surface area (Å²) in [6.45, 7) is 0. The van der Waals surface area contributed by atoms with Crippen molar-refractivity contribution in [2.45, 2.75) is 0 Å². The van der Waals surface area contributed by atoms with E-state index in [1.165, 1.54) is 0 Å². The van der Waals surface area contributed by atoms with Gasteiger partial charge in [-0.2, -0.15) is 0 Å². The number of hydrogen-bond acceptors (Lipinski definition) is 4. The van der Waals surface area contributed by atoms with Crippen LogP contribution in [0.2, 0.25) is 0 Å². The summed E-state index contributed by atoms with van der Waals surface area (Å²) in [4.78, 5) is 8.04. The maximum absolute atomic E-state index is 5.36. The first-order chi connectivity index (χ1) is 7.45. The second-order valence-corrected chi connectivity index (χ2v) is 3.52. The van der Waals surface area contributed by atoms with Gasteiger partial charge in [0.05, 0.1) is 0 Å². The Balaban J connectivity index is 0. The molecule has 0 N–H and O–H groups in total. The van der Waals surface area contributed by atoms with Gasteiger partial charge in [0.25, 0.3) is 0 Å². The second kappa shape index (κ2) is 12.0. The molecule has 0 saturated carbocycles. The quantitative estimate of drug-likeness (QED) is 0.523. The average Bonchev–Trinajstić information content (AvgIpc) is 2.32. The van der Waals surface area contributed by atoms with Crippen LogP contribution in [-0.4, -0.2) is 9.97 Å². The molecule has 2 aromatic rings. The van der Waals surface area contributed by atoms with Gasteiger partial charge in [-0.05, 0) is 0 Å². The van der Waals surface area contributed by atoms with Gasteiger partial charge in [0.2, 0.25) is 0 Å². The van der Waals surface area contributed by atoms with E-state index in [1.807, 2.05) is 24.3 Å². The molecule has 0 bridgehead atoms. The molecule has 0 fully saturated rings. The molecule has 0 aliphatic rings. The van der Waals surface area contributed by atoms with Gasteiger partial charge in [-0.25, -0.2) is 0 Å². The van der Waals surface area contributed by atoms with Crippen molar-refractivity contribution >= 4 is 0 Å². The number of aromatic nitrogens is 2. The third kappa shape index (κ3) is 7.37. The fourth-order valence-corrected chi connectivity index (χ4v) is 1.63. The van der Waals surface area contributed by atoms with Crippen molar-refractivity contribution in [1.29, 1.82) is 0 Å². The van der Waals surface area contributed by atoms with Crippen LogP contribution in [0.1, 0.15) is 0 Å². The van der Waals surface area contributed by atoms with Crippen molar-refractivity contribution in [2.75, 3.05) is 0 Å². The Morgan fingerprint density at radius 3 is 1.56 bits per heavy atom. The summed E-state index contributed by atoms with van der Waals surface area (Å²) in [5.41, 5.74) is 0. The molecule has 4 nitrogen and oxygen atoms in total. The minimum atomic E-state index is -0.989. The standard InChI is InChI=1S/2C5H5NO.2ClH.2Ti/c2*7-5-3-1-2-4-6-5;;;;/h2*1-4H,(H,6,7);2*1H;;/q;;;;2*+4/p-4. The molecule has 0 unspecified atom stereocenters. The van der Waals surface area contributed by atoms with Gasteiger partial charge in [0.1, 0.15) is 0 Å². The maximum atomic E-state index is 5.36. The van der Waals surface area contributed by atoms with Crippen LogP contribution in [-0.2, 0) is 41.6 Å². The van der Waals surface area contributed by atoms with E-state index in [0.717, 1.165) is 0 Å². The molecule has 0 atom stereocenters. The molecule has 0 aliphatic carbocycles. The molecule has 0 spiro atoms. The van der Waals surface area contributed by atoms with Gasteiger partial charge in [-0.3, -0.25) is 0 Å². The van der Waals surface area contributed by atoms with E-state index in [4.69, 9.17) is 6.64 Å². The third-order valence-corrected chi connectivity index (χ3v) is 2.48. The van der Waals surface area contributed by atoms with E-state index in [-0.39, 0.29) is 46.5 Å². The minimum absolute atomic E-state index is 0. The molecule has 0 amide bonds. The summed E-state index contributed by atoms with van der Waals surface area (Å²) < 4.78 is 10.7. The molecule has 88 valence electrons. The molecule has 0 radical (unpaired) electrons. The Morgan fingerprint density at radius 1 is 0.778 bits per heavy atom.